The van der Waals surface area contributed by atoms with E-state index in [0.29, 0.717) is 11.0 Å². The first-order chi connectivity index (χ1) is 7.63. The Morgan fingerprint density at radius 2 is 2.00 bits per heavy atom. The number of halogens is 2. The van der Waals surface area contributed by atoms with Gasteiger partial charge in [-0.05, 0) is 24.3 Å². The van der Waals surface area contributed by atoms with Gasteiger partial charge < -0.3 is 5.32 Å². The summed E-state index contributed by atoms with van der Waals surface area (Å²) in [5, 5.41) is 7.12. The first-order valence-electron chi connectivity index (χ1n) is 4.38. The van der Waals surface area contributed by atoms with E-state index < -0.39 is 0 Å². The molecule has 1 aliphatic rings. The number of hydrazone groups is 1. The maximum atomic E-state index is 5.75. The van der Waals surface area contributed by atoms with Gasteiger partial charge in [-0.1, -0.05) is 11.6 Å². The second-order valence-electron chi connectivity index (χ2n) is 3.02. The molecule has 4 nitrogen and oxygen atoms in total. The molecule has 0 aromatic heterocycles. The Morgan fingerprint density at radius 3 is 2.62 bits per heavy atom. The smallest absolute Gasteiger partial charge is 0.156 e. The number of thiol groups is 1. The van der Waals surface area contributed by atoms with Crippen LogP contribution in [0.2, 0.25) is 0 Å². The Kier molecular flexibility index (Phi) is 3.48. The number of benzene rings is 1. The van der Waals surface area contributed by atoms with Crippen molar-refractivity contribution in [3.63, 3.8) is 0 Å². The summed E-state index contributed by atoms with van der Waals surface area (Å²) >= 11 is 15.6. The molecule has 2 N–H and O–H groups in total. The maximum Gasteiger partial charge on any atom is 0.156 e. The van der Waals surface area contributed by atoms with E-state index in [1.54, 1.807) is 6.08 Å². The van der Waals surface area contributed by atoms with Gasteiger partial charge in [0.1, 0.15) is 5.82 Å². The summed E-state index contributed by atoms with van der Waals surface area (Å²) in [6, 6.07) is 7.54. The number of anilines is 1. The minimum absolute atomic E-state index is 0.294. The molecule has 0 spiro atoms. The van der Waals surface area contributed by atoms with Crippen LogP contribution in [-0.2, 0) is 0 Å². The van der Waals surface area contributed by atoms with Crippen molar-refractivity contribution in [1.82, 2.24) is 10.1 Å². The van der Waals surface area contributed by atoms with Crippen LogP contribution in [0.1, 0.15) is 0 Å². The number of hydrazine groups is 1. The molecule has 0 radical (unpaired) electrons. The van der Waals surface area contributed by atoms with Gasteiger partial charge in [0.2, 0.25) is 0 Å². The molecule has 7 heteroatoms. The lowest BCUT2D eigenvalue weighted by Gasteiger charge is -2.20. The van der Waals surface area contributed by atoms with Crippen LogP contribution in [0.5, 0.6) is 0 Å². The summed E-state index contributed by atoms with van der Waals surface area (Å²) < 4.78 is 1.01. The van der Waals surface area contributed by atoms with E-state index in [4.69, 9.17) is 23.4 Å². The number of hydrogen-bond donors (Lipinski definition) is 3. The topological polar surface area (TPSA) is 39.7 Å². The summed E-state index contributed by atoms with van der Waals surface area (Å²) in [5.74, 6) is 0.641. The van der Waals surface area contributed by atoms with Crippen molar-refractivity contribution in [3.8, 4) is 0 Å². The second kappa shape index (κ2) is 4.86. The molecule has 0 saturated carbocycles. The summed E-state index contributed by atoms with van der Waals surface area (Å²) in [6.45, 7) is 0. The van der Waals surface area contributed by atoms with Crippen LogP contribution in [0.4, 0.5) is 5.69 Å². The number of hydrogen-bond acceptors (Lipinski definition) is 5. The molecule has 2 rings (SSSR count). The molecule has 0 atom stereocenters. The van der Waals surface area contributed by atoms with Crippen molar-refractivity contribution in [2.45, 2.75) is 4.90 Å². The molecule has 0 saturated heterocycles. The van der Waals surface area contributed by atoms with E-state index >= 15 is 0 Å². The van der Waals surface area contributed by atoms with Crippen molar-refractivity contribution < 1.29 is 0 Å². The van der Waals surface area contributed by atoms with Gasteiger partial charge in [0.25, 0.3) is 0 Å². The molecule has 1 aliphatic heterocycles. The van der Waals surface area contributed by atoms with Gasteiger partial charge in [0.05, 0.1) is 11.8 Å². The molecular formula is C9H8Cl2N4S. The Balaban J connectivity index is 2.10. The van der Waals surface area contributed by atoms with Crippen molar-refractivity contribution in [3.05, 3.63) is 36.2 Å². The highest BCUT2D eigenvalue weighted by Gasteiger charge is 2.09. The standard InChI is InChI=1S/C9H8Cl2N4S/c10-8-5-9(14-15(11)13-8)12-6-1-3-7(16)4-2-6/h1-5,12,14,16H. The zero-order chi connectivity index (χ0) is 11.5. The molecule has 0 unspecified atom stereocenters. The van der Waals surface area contributed by atoms with Gasteiger partial charge in [-0.15, -0.1) is 22.4 Å². The van der Waals surface area contributed by atoms with E-state index in [9.17, 15) is 0 Å². The first kappa shape index (κ1) is 11.4. The van der Waals surface area contributed by atoms with Crippen molar-refractivity contribution >= 4 is 46.9 Å². The van der Waals surface area contributed by atoms with Gasteiger partial charge in [0, 0.05) is 16.7 Å². The maximum absolute atomic E-state index is 5.75. The minimum Gasteiger partial charge on any atom is -0.341 e. The molecule has 1 aromatic rings. The second-order valence-corrected chi connectivity index (χ2v) is 4.25. The predicted molar refractivity (Wildman–Crippen MR) is 69.5 cm³/mol. The normalized spacial score (nSPS) is 15.1. The van der Waals surface area contributed by atoms with E-state index in [1.807, 2.05) is 24.3 Å². The summed E-state index contributed by atoms with van der Waals surface area (Å²) in [4.78, 5) is 0.898. The predicted octanol–water partition coefficient (Wildman–Crippen LogP) is 2.75. The summed E-state index contributed by atoms with van der Waals surface area (Å²) in [7, 11) is 0. The fourth-order valence-electron chi connectivity index (χ4n) is 1.15. The van der Waals surface area contributed by atoms with Crippen LogP contribution in [0, 0.1) is 0 Å². The number of rotatable bonds is 2. The third kappa shape index (κ3) is 2.98. The van der Waals surface area contributed by atoms with Gasteiger partial charge in [-0.3, -0.25) is 5.43 Å². The summed E-state index contributed by atoms with van der Waals surface area (Å²) in [6.07, 6.45) is 1.63. The van der Waals surface area contributed by atoms with Crippen molar-refractivity contribution in [2.75, 3.05) is 5.32 Å². The monoisotopic (exact) mass is 274 g/mol. The Hall–Kier alpha value is -1.04. The number of nitrogens with zero attached hydrogens (tertiary/aromatic N) is 2. The molecule has 0 fully saturated rings. The lowest BCUT2D eigenvalue weighted by molar-refractivity contribution is 0.396. The quantitative estimate of drug-likeness (QED) is 0.574. The van der Waals surface area contributed by atoms with Gasteiger partial charge >= 0.3 is 0 Å². The molecule has 0 aliphatic carbocycles. The molecular weight excluding hydrogens is 267 g/mol. The number of nitrogens with one attached hydrogen (secondary N) is 2. The third-order valence-corrected chi connectivity index (χ3v) is 2.45. The highest BCUT2D eigenvalue weighted by Crippen LogP contribution is 2.15. The van der Waals surface area contributed by atoms with Crippen LogP contribution in [-0.4, -0.2) is 9.81 Å². The van der Waals surface area contributed by atoms with E-state index in [0.717, 1.165) is 15.2 Å². The SMILES string of the molecule is Sc1ccc(NC2=CC(Cl)=NN(Cl)N2)cc1. The summed E-state index contributed by atoms with van der Waals surface area (Å²) in [5.41, 5.74) is 3.66. The fourth-order valence-corrected chi connectivity index (χ4v) is 1.70. The highest BCUT2D eigenvalue weighted by molar-refractivity contribution is 7.80. The molecule has 1 heterocycles. The van der Waals surface area contributed by atoms with Gasteiger partial charge in [0.15, 0.2) is 5.17 Å². The Labute approximate surface area is 108 Å². The fraction of sp³-hybridized carbons (Fsp3) is 0. The molecule has 16 heavy (non-hydrogen) atoms. The van der Waals surface area contributed by atoms with E-state index in [-0.39, 0.29) is 0 Å². The zero-order valence-corrected chi connectivity index (χ0v) is 10.4. The zero-order valence-electron chi connectivity index (χ0n) is 7.98. The molecule has 0 bridgehead atoms. The van der Waals surface area contributed by atoms with Crippen LogP contribution in [0.15, 0.2) is 46.2 Å². The first-order valence-corrected chi connectivity index (χ1v) is 5.54. The van der Waals surface area contributed by atoms with Crippen LogP contribution >= 0.6 is 36.0 Å². The van der Waals surface area contributed by atoms with Gasteiger partial charge in [-0.2, -0.15) is 0 Å². The lowest BCUT2D eigenvalue weighted by Crippen LogP contribution is -2.32. The lowest BCUT2D eigenvalue weighted by atomic mass is 10.3. The molecule has 1 aromatic carbocycles. The van der Waals surface area contributed by atoms with Crippen molar-refractivity contribution in [2.24, 2.45) is 5.10 Å². The molecule has 84 valence electrons. The molecule has 0 amide bonds. The van der Waals surface area contributed by atoms with Crippen LogP contribution < -0.4 is 10.7 Å². The van der Waals surface area contributed by atoms with Crippen LogP contribution in [0.25, 0.3) is 0 Å². The Morgan fingerprint density at radius 1 is 1.31 bits per heavy atom. The van der Waals surface area contributed by atoms with E-state index in [1.165, 1.54) is 0 Å². The minimum atomic E-state index is 0.294. The average molecular weight is 275 g/mol. The van der Waals surface area contributed by atoms with Gasteiger partial charge in [-0.25, -0.2) is 0 Å². The number of allylic oxidation sites excluding steroid dienone is 1. The van der Waals surface area contributed by atoms with Crippen molar-refractivity contribution in [1.29, 1.82) is 0 Å². The Bertz CT molecular complexity index is 443. The van der Waals surface area contributed by atoms with Crippen LogP contribution in [0.3, 0.4) is 0 Å². The highest BCUT2D eigenvalue weighted by atomic mass is 35.5. The van der Waals surface area contributed by atoms with E-state index in [2.05, 4.69) is 28.5 Å². The average Bonchev–Trinajstić information content (AvgIpc) is 2.20. The largest absolute Gasteiger partial charge is 0.341 e. The third-order valence-electron chi connectivity index (χ3n) is 1.81.